The van der Waals surface area contributed by atoms with E-state index in [1.165, 1.54) is 49.5 Å². The molecule has 1 aliphatic heterocycles. The normalized spacial score (nSPS) is 15.6. The lowest BCUT2D eigenvalue weighted by Crippen LogP contribution is -2.39. The Morgan fingerprint density at radius 3 is 2.22 bits per heavy atom. The number of nitrogens with zero attached hydrogens (tertiary/aromatic N) is 3. The Bertz CT molecular complexity index is 1300. The van der Waals surface area contributed by atoms with Gasteiger partial charge in [-0.3, -0.25) is 9.59 Å². The molecule has 0 N–H and O–H groups in total. The van der Waals surface area contributed by atoms with Gasteiger partial charge in [0.1, 0.15) is 18.2 Å². The predicted octanol–water partition coefficient (Wildman–Crippen LogP) is 5.43. The van der Waals surface area contributed by atoms with Crippen LogP contribution in [0.3, 0.4) is 0 Å². The fourth-order valence-electron chi connectivity index (χ4n) is 3.91. The molecule has 10 heteroatoms. The first kappa shape index (κ1) is 25.0. The number of alkyl halides is 3. The zero-order valence-electron chi connectivity index (χ0n) is 19.0. The molecule has 1 unspecified atom stereocenters. The van der Waals surface area contributed by atoms with E-state index in [1.54, 1.807) is 6.07 Å². The summed E-state index contributed by atoms with van der Waals surface area (Å²) >= 11 is 0. The first-order valence-electron chi connectivity index (χ1n) is 10.9. The zero-order valence-corrected chi connectivity index (χ0v) is 19.0. The maximum atomic E-state index is 14.6. The van der Waals surface area contributed by atoms with Crippen LogP contribution >= 0.6 is 0 Å². The summed E-state index contributed by atoms with van der Waals surface area (Å²) in [6, 6.07) is 14.3. The first-order valence-corrected chi connectivity index (χ1v) is 10.9. The Kier molecular flexibility index (Phi) is 6.87. The molecular weight excluding hydrogens is 481 g/mol. The van der Waals surface area contributed by atoms with Crippen molar-refractivity contribution in [3.63, 3.8) is 0 Å². The monoisotopic (exact) mass is 501 g/mol. The Hall–Kier alpha value is -4.08. The molecule has 186 valence electrons. The van der Waals surface area contributed by atoms with Crippen LogP contribution in [0.15, 0.2) is 77.9 Å². The highest BCUT2D eigenvalue weighted by Gasteiger charge is 2.35. The van der Waals surface area contributed by atoms with Gasteiger partial charge in [0, 0.05) is 24.6 Å². The van der Waals surface area contributed by atoms with Crippen molar-refractivity contribution in [1.29, 1.82) is 0 Å². The second-order valence-electron chi connectivity index (χ2n) is 8.27. The van der Waals surface area contributed by atoms with Crippen molar-refractivity contribution in [3.8, 4) is 0 Å². The fourth-order valence-corrected chi connectivity index (χ4v) is 3.91. The Morgan fingerprint density at radius 2 is 1.61 bits per heavy atom. The van der Waals surface area contributed by atoms with E-state index in [2.05, 4.69) is 5.10 Å². The maximum absolute atomic E-state index is 14.6. The number of carbonyl (C=O) groups is 2. The number of likely N-dealkylation sites (N-methyl/N-ethyl adjacent to an activating group) is 1. The van der Waals surface area contributed by atoms with Crippen LogP contribution in [0.1, 0.15) is 39.5 Å². The molecule has 0 saturated heterocycles. The molecule has 1 heterocycles. The van der Waals surface area contributed by atoms with Crippen molar-refractivity contribution in [2.45, 2.75) is 18.6 Å². The Morgan fingerprint density at radius 1 is 0.972 bits per heavy atom. The van der Waals surface area contributed by atoms with E-state index in [1.807, 2.05) is 0 Å². The van der Waals surface area contributed by atoms with E-state index in [-0.39, 0.29) is 17.5 Å². The van der Waals surface area contributed by atoms with Gasteiger partial charge in [-0.25, -0.2) is 13.8 Å². The molecule has 0 bridgehead atoms. The van der Waals surface area contributed by atoms with E-state index in [0.717, 1.165) is 34.2 Å². The summed E-state index contributed by atoms with van der Waals surface area (Å²) < 4.78 is 66.4. The quantitative estimate of drug-likeness (QED) is 0.438. The minimum atomic E-state index is -4.54. The van der Waals surface area contributed by atoms with E-state index < -0.39 is 47.8 Å². The Labute approximate surface area is 203 Å². The van der Waals surface area contributed by atoms with Gasteiger partial charge in [-0.05, 0) is 48.0 Å². The van der Waals surface area contributed by atoms with Crippen LogP contribution in [0.5, 0.6) is 0 Å². The molecule has 0 aromatic heterocycles. The number of hydrogen-bond acceptors (Lipinski definition) is 3. The van der Waals surface area contributed by atoms with Gasteiger partial charge in [-0.15, -0.1) is 0 Å². The second-order valence-corrected chi connectivity index (χ2v) is 8.27. The van der Waals surface area contributed by atoms with Crippen LogP contribution in [-0.4, -0.2) is 41.0 Å². The SMILES string of the molecule is CN(CC(=O)N1N=C(c2ccc(F)cc2)CC1c1ccccc1F)C(=O)c1ccc(C(F)(F)F)cc1. The third kappa shape index (κ3) is 5.27. The van der Waals surface area contributed by atoms with Gasteiger partial charge in [0.2, 0.25) is 0 Å². The summed E-state index contributed by atoms with van der Waals surface area (Å²) in [4.78, 5) is 27.0. The van der Waals surface area contributed by atoms with Crippen LogP contribution in [0.4, 0.5) is 22.0 Å². The molecule has 0 aliphatic carbocycles. The largest absolute Gasteiger partial charge is 0.416 e. The highest BCUT2D eigenvalue weighted by atomic mass is 19.4. The highest BCUT2D eigenvalue weighted by molar-refractivity contribution is 6.03. The minimum Gasteiger partial charge on any atom is -0.332 e. The third-order valence-electron chi connectivity index (χ3n) is 5.79. The molecule has 3 aromatic carbocycles. The number of amides is 2. The predicted molar refractivity (Wildman–Crippen MR) is 122 cm³/mol. The van der Waals surface area contributed by atoms with Crippen molar-refractivity contribution in [1.82, 2.24) is 9.91 Å². The van der Waals surface area contributed by atoms with E-state index >= 15 is 0 Å². The molecular formula is C26H20F5N3O2. The van der Waals surface area contributed by atoms with E-state index in [9.17, 15) is 31.5 Å². The molecule has 0 saturated carbocycles. The van der Waals surface area contributed by atoms with Crippen LogP contribution in [0.25, 0.3) is 0 Å². The van der Waals surface area contributed by atoms with E-state index in [0.29, 0.717) is 11.3 Å². The van der Waals surface area contributed by atoms with E-state index in [4.69, 9.17) is 0 Å². The van der Waals surface area contributed by atoms with Crippen molar-refractivity contribution in [2.24, 2.45) is 5.10 Å². The third-order valence-corrected chi connectivity index (χ3v) is 5.79. The molecule has 2 amide bonds. The van der Waals surface area contributed by atoms with Crippen molar-refractivity contribution in [2.75, 3.05) is 13.6 Å². The van der Waals surface area contributed by atoms with Crippen molar-refractivity contribution >= 4 is 17.5 Å². The van der Waals surface area contributed by atoms with Crippen LogP contribution in [-0.2, 0) is 11.0 Å². The Balaban J connectivity index is 1.56. The van der Waals surface area contributed by atoms with Gasteiger partial charge >= 0.3 is 6.18 Å². The molecule has 0 spiro atoms. The van der Waals surface area contributed by atoms with Crippen LogP contribution < -0.4 is 0 Å². The summed E-state index contributed by atoms with van der Waals surface area (Å²) in [6.45, 7) is -0.453. The number of hydrazone groups is 1. The van der Waals surface area contributed by atoms with Gasteiger partial charge in [-0.1, -0.05) is 30.3 Å². The lowest BCUT2D eigenvalue weighted by molar-refractivity contribution is -0.137. The average Bonchev–Trinajstić information content (AvgIpc) is 3.29. The van der Waals surface area contributed by atoms with Crippen LogP contribution in [0, 0.1) is 11.6 Å². The molecule has 5 nitrogen and oxygen atoms in total. The van der Waals surface area contributed by atoms with Gasteiger partial charge < -0.3 is 4.90 Å². The van der Waals surface area contributed by atoms with Crippen molar-refractivity contribution < 1.29 is 31.5 Å². The molecule has 0 fully saturated rings. The lowest BCUT2D eigenvalue weighted by Gasteiger charge is -2.25. The number of halogens is 5. The zero-order chi connectivity index (χ0) is 26.0. The van der Waals surface area contributed by atoms with Gasteiger partial charge in [-0.2, -0.15) is 18.3 Å². The van der Waals surface area contributed by atoms with Gasteiger partial charge in [0.15, 0.2) is 0 Å². The number of rotatable bonds is 5. The maximum Gasteiger partial charge on any atom is 0.416 e. The first-order chi connectivity index (χ1) is 17.0. The second kappa shape index (κ2) is 9.88. The molecule has 0 radical (unpaired) electrons. The minimum absolute atomic E-state index is 0.0270. The summed E-state index contributed by atoms with van der Waals surface area (Å²) in [5.41, 5.74) is 0.296. The van der Waals surface area contributed by atoms with Crippen molar-refractivity contribution in [3.05, 3.63) is 107 Å². The summed E-state index contributed by atoms with van der Waals surface area (Å²) in [5.74, 6) is -2.27. The molecule has 3 aromatic rings. The number of hydrogen-bond donors (Lipinski definition) is 0. The summed E-state index contributed by atoms with van der Waals surface area (Å²) in [7, 11) is 1.33. The number of carbonyl (C=O) groups excluding carboxylic acids is 2. The highest BCUT2D eigenvalue weighted by Crippen LogP contribution is 2.34. The number of benzene rings is 3. The molecule has 1 atom stereocenters. The molecule has 4 rings (SSSR count). The lowest BCUT2D eigenvalue weighted by atomic mass is 9.98. The summed E-state index contributed by atoms with van der Waals surface area (Å²) in [6.07, 6.45) is -4.38. The smallest absolute Gasteiger partial charge is 0.332 e. The average molecular weight is 501 g/mol. The van der Waals surface area contributed by atoms with Gasteiger partial charge in [0.25, 0.3) is 11.8 Å². The summed E-state index contributed by atoms with van der Waals surface area (Å²) in [5, 5.41) is 5.45. The molecule has 1 aliphatic rings. The topological polar surface area (TPSA) is 53.0 Å². The van der Waals surface area contributed by atoms with Crippen LogP contribution in [0.2, 0.25) is 0 Å². The van der Waals surface area contributed by atoms with Gasteiger partial charge in [0.05, 0.1) is 17.3 Å². The fraction of sp³-hybridized carbons (Fsp3) is 0.192. The molecule has 36 heavy (non-hydrogen) atoms. The standard InChI is InChI=1S/C26H20F5N3O2/c1-33(25(36)17-6-10-18(11-7-17)26(29,30)31)15-24(35)34-23(20-4-2-3-5-21(20)28)14-22(32-34)16-8-12-19(27)13-9-16/h2-13,23H,14-15H2,1H3.